The zero-order valence-electron chi connectivity index (χ0n) is 16.4. The third kappa shape index (κ3) is 5.26. The van der Waals surface area contributed by atoms with Gasteiger partial charge in [0.15, 0.2) is 0 Å². The lowest BCUT2D eigenvalue weighted by molar-refractivity contribution is -0.384. The summed E-state index contributed by atoms with van der Waals surface area (Å²) in [6, 6.07) is 18.6. The van der Waals surface area contributed by atoms with E-state index in [0.29, 0.717) is 5.69 Å². The van der Waals surface area contributed by atoms with Crippen LogP contribution in [0, 0.1) is 10.1 Å². The molecule has 0 aliphatic carbocycles. The largest absolute Gasteiger partial charge is 0.322 e. The van der Waals surface area contributed by atoms with Crippen molar-refractivity contribution in [2.45, 2.75) is 11.4 Å². The minimum absolute atomic E-state index is 0.0513. The molecular formula is C21H18ClN3O5S. The number of amides is 1. The summed E-state index contributed by atoms with van der Waals surface area (Å²) in [5, 5.41) is 13.5. The molecule has 3 aromatic carbocycles. The van der Waals surface area contributed by atoms with Gasteiger partial charge in [-0.15, -0.1) is 0 Å². The molecule has 3 aromatic rings. The normalized spacial score (nSPS) is 11.3. The summed E-state index contributed by atoms with van der Waals surface area (Å²) in [4.78, 5) is 22.8. The topological polar surface area (TPSA) is 110 Å². The highest BCUT2D eigenvalue weighted by Gasteiger charge is 2.21. The Labute approximate surface area is 184 Å². The van der Waals surface area contributed by atoms with Crippen molar-refractivity contribution >= 4 is 38.9 Å². The molecule has 0 saturated heterocycles. The molecule has 3 rings (SSSR count). The molecule has 0 aliphatic heterocycles. The molecule has 0 atom stereocenters. The molecule has 0 spiro atoms. The summed E-state index contributed by atoms with van der Waals surface area (Å²) in [5.41, 5.74) is 0.870. The number of nitrogens with zero attached hydrogens (tertiary/aromatic N) is 2. The van der Waals surface area contributed by atoms with Crippen LogP contribution in [0.5, 0.6) is 0 Å². The van der Waals surface area contributed by atoms with Crippen molar-refractivity contribution in [3.63, 3.8) is 0 Å². The molecule has 0 unspecified atom stereocenters. The molecule has 1 N–H and O–H groups in total. The maximum Gasteiger partial charge on any atom is 0.288 e. The van der Waals surface area contributed by atoms with Gasteiger partial charge in [-0.05, 0) is 42.0 Å². The molecule has 0 saturated carbocycles. The molecule has 0 aliphatic rings. The molecular weight excluding hydrogens is 442 g/mol. The summed E-state index contributed by atoms with van der Waals surface area (Å²) in [7, 11) is -2.23. The van der Waals surface area contributed by atoms with Gasteiger partial charge in [0.2, 0.25) is 10.0 Å². The van der Waals surface area contributed by atoms with Crippen LogP contribution < -0.4 is 5.32 Å². The third-order valence-corrected chi connectivity index (χ3v) is 6.61. The van der Waals surface area contributed by atoms with Gasteiger partial charge in [-0.1, -0.05) is 41.9 Å². The predicted octanol–water partition coefficient (Wildman–Crippen LogP) is 4.32. The average Bonchev–Trinajstić information content (AvgIpc) is 2.75. The van der Waals surface area contributed by atoms with E-state index in [0.717, 1.165) is 11.6 Å². The Hall–Kier alpha value is -3.27. The highest BCUT2D eigenvalue weighted by molar-refractivity contribution is 7.89. The number of nitrogens with one attached hydrogen (secondary N) is 1. The Bertz CT molecular complexity index is 1220. The van der Waals surface area contributed by atoms with Crippen LogP contribution >= 0.6 is 11.6 Å². The quantitative estimate of drug-likeness (QED) is 0.418. The number of carbonyl (C=O) groups excluding carboxylic acids is 1. The van der Waals surface area contributed by atoms with Gasteiger partial charge in [0.1, 0.15) is 5.02 Å². The van der Waals surface area contributed by atoms with Gasteiger partial charge in [-0.25, -0.2) is 8.42 Å². The molecule has 0 fully saturated rings. The third-order valence-electron chi connectivity index (χ3n) is 4.47. The van der Waals surface area contributed by atoms with Crippen molar-refractivity contribution in [1.29, 1.82) is 0 Å². The van der Waals surface area contributed by atoms with E-state index in [4.69, 9.17) is 11.6 Å². The van der Waals surface area contributed by atoms with Crippen LogP contribution in [0.15, 0.2) is 77.7 Å². The Kier molecular flexibility index (Phi) is 6.69. The second-order valence-electron chi connectivity index (χ2n) is 6.65. The van der Waals surface area contributed by atoms with Gasteiger partial charge in [-0.2, -0.15) is 4.31 Å². The standard InChI is InChI=1S/C21H18ClN3O5S/c1-24(14-15-5-3-2-4-6-15)31(29,30)18-10-8-17(9-11-18)23-21(26)16-7-12-19(22)20(13-16)25(27)28/h2-13H,14H2,1H3,(H,23,26). The highest BCUT2D eigenvalue weighted by atomic mass is 35.5. The first-order valence-corrected chi connectivity index (χ1v) is 10.9. The lowest BCUT2D eigenvalue weighted by Crippen LogP contribution is -2.26. The fraction of sp³-hybridized carbons (Fsp3) is 0.0952. The summed E-state index contributed by atoms with van der Waals surface area (Å²) < 4.78 is 26.8. The van der Waals surface area contributed by atoms with Gasteiger partial charge >= 0.3 is 0 Å². The van der Waals surface area contributed by atoms with Crippen LogP contribution in [-0.4, -0.2) is 30.6 Å². The zero-order chi connectivity index (χ0) is 22.6. The number of halogens is 1. The second-order valence-corrected chi connectivity index (χ2v) is 9.10. The number of benzene rings is 3. The minimum atomic E-state index is -3.72. The molecule has 160 valence electrons. The Morgan fingerprint density at radius 3 is 2.32 bits per heavy atom. The molecule has 0 radical (unpaired) electrons. The molecule has 0 heterocycles. The van der Waals surface area contributed by atoms with Gasteiger partial charge in [0.05, 0.1) is 9.82 Å². The first-order valence-electron chi connectivity index (χ1n) is 9.04. The lowest BCUT2D eigenvalue weighted by atomic mass is 10.2. The minimum Gasteiger partial charge on any atom is -0.322 e. The summed E-state index contributed by atoms with van der Waals surface area (Å²) >= 11 is 5.76. The first-order chi connectivity index (χ1) is 14.7. The fourth-order valence-electron chi connectivity index (χ4n) is 2.81. The van der Waals surface area contributed by atoms with Gasteiger partial charge in [0, 0.05) is 30.9 Å². The van der Waals surface area contributed by atoms with Crippen molar-refractivity contribution in [3.05, 3.63) is 99.1 Å². The van der Waals surface area contributed by atoms with Gasteiger partial charge < -0.3 is 5.32 Å². The number of nitro groups is 1. The van der Waals surface area contributed by atoms with E-state index in [1.54, 1.807) is 0 Å². The smallest absolute Gasteiger partial charge is 0.288 e. The van der Waals surface area contributed by atoms with Crippen LogP contribution in [0.2, 0.25) is 5.02 Å². The van der Waals surface area contributed by atoms with Gasteiger partial charge in [-0.3, -0.25) is 14.9 Å². The van der Waals surface area contributed by atoms with E-state index in [-0.39, 0.29) is 27.7 Å². The van der Waals surface area contributed by atoms with E-state index < -0.39 is 20.9 Å². The summed E-state index contributed by atoms with van der Waals surface area (Å²) in [6.45, 7) is 0.219. The van der Waals surface area contributed by atoms with E-state index in [1.165, 1.54) is 47.8 Å². The van der Waals surface area contributed by atoms with E-state index in [9.17, 15) is 23.3 Å². The zero-order valence-corrected chi connectivity index (χ0v) is 17.9. The Morgan fingerprint density at radius 2 is 1.71 bits per heavy atom. The number of hydrogen-bond acceptors (Lipinski definition) is 5. The van der Waals surface area contributed by atoms with E-state index in [1.807, 2.05) is 30.3 Å². The van der Waals surface area contributed by atoms with Gasteiger partial charge in [0.25, 0.3) is 11.6 Å². The highest BCUT2D eigenvalue weighted by Crippen LogP contribution is 2.26. The number of nitro benzene ring substituents is 1. The van der Waals surface area contributed by atoms with Crippen molar-refractivity contribution in [1.82, 2.24) is 4.31 Å². The van der Waals surface area contributed by atoms with E-state index in [2.05, 4.69) is 5.32 Å². The number of carbonyl (C=O) groups is 1. The van der Waals surface area contributed by atoms with Crippen LogP contribution in [0.3, 0.4) is 0 Å². The predicted molar refractivity (Wildman–Crippen MR) is 118 cm³/mol. The number of anilines is 1. The first kappa shape index (κ1) is 22.4. The Balaban J connectivity index is 1.73. The molecule has 10 heteroatoms. The van der Waals surface area contributed by atoms with Crippen LogP contribution in [-0.2, 0) is 16.6 Å². The van der Waals surface area contributed by atoms with Crippen molar-refractivity contribution in [3.8, 4) is 0 Å². The summed E-state index contributed by atoms with van der Waals surface area (Å²) in [5.74, 6) is -0.587. The van der Waals surface area contributed by atoms with Crippen LogP contribution in [0.1, 0.15) is 15.9 Å². The molecule has 0 bridgehead atoms. The van der Waals surface area contributed by atoms with Crippen LogP contribution in [0.25, 0.3) is 0 Å². The van der Waals surface area contributed by atoms with Crippen LogP contribution in [0.4, 0.5) is 11.4 Å². The lowest BCUT2D eigenvalue weighted by Gasteiger charge is -2.17. The molecule has 0 aromatic heterocycles. The monoisotopic (exact) mass is 459 g/mol. The number of hydrogen-bond donors (Lipinski definition) is 1. The van der Waals surface area contributed by atoms with Crippen molar-refractivity contribution < 1.29 is 18.1 Å². The van der Waals surface area contributed by atoms with E-state index >= 15 is 0 Å². The summed E-state index contributed by atoms with van der Waals surface area (Å²) in [6.07, 6.45) is 0. The Morgan fingerprint density at radius 1 is 1.06 bits per heavy atom. The number of sulfonamides is 1. The maximum atomic E-state index is 12.8. The maximum absolute atomic E-state index is 12.8. The molecule has 31 heavy (non-hydrogen) atoms. The molecule has 8 nitrogen and oxygen atoms in total. The average molecular weight is 460 g/mol. The second kappa shape index (κ2) is 9.25. The SMILES string of the molecule is CN(Cc1ccccc1)S(=O)(=O)c1ccc(NC(=O)c2ccc(Cl)c([N+](=O)[O-])c2)cc1. The van der Waals surface area contributed by atoms with Crippen molar-refractivity contribution in [2.24, 2.45) is 0 Å². The fourth-order valence-corrected chi connectivity index (χ4v) is 4.16. The number of rotatable bonds is 7. The van der Waals surface area contributed by atoms with Crippen molar-refractivity contribution in [2.75, 3.05) is 12.4 Å². The molecule has 1 amide bonds.